The third-order valence-electron chi connectivity index (χ3n) is 3.67. The van der Waals surface area contributed by atoms with Gasteiger partial charge in [-0.25, -0.2) is 4.98 Å². The third kappa shape index (κ3) is 5.61. The minimum Gasteiger partial charge on any atom is -0.316 e. The summed E-state index contributed by atoms with van der Waals surface area (Å²) in [5, 5.41) is 7.96. The summed E-state index contributed by atoms with van der Waals surface area (Å²) < 4.78 is 2.07. The normalized spacial score (nSPS) is 14.7. The Hall–Kier alpha value is -0.900. The van der Waals surface area contributed by atoms with Crippen molar-refractivity contribution in [3.8, 4) is 0 Å². The molecule has 20 heavy (non-hydrogen) atoms. The van der Waals surface area contributed by atoms with E-state index < -0.39 is 0 Å². The van der Waals surface area contributed by atoms with Crippen LogP contribution in [0.2, 0.25) is 0 Å². The van der Waals surface area contributed by atoms with Crippen LogP contribution in [-0.2, 0) is 13.0 Å². The number of aromatic nitrogens is 3. The van der Waals surface area contributed by atoms with E-state index in [0.717, 1.165) is 38.3 Å². The number of nitrogens with zero attached hydrogens (tertiary/aromatic N) is 3. The predicted molar refractivity (Wildman–Crippen MR) is 84.7 cm³/mol. The lowest BCUT2D eigenvalue weighted by molar-refractivity contribution is 0.261. The van der Waals surface area contributed by atoms with E-state index in [1.54, 1.807) is 6.33 Å². The Labute approximate surface area is 124 Å². The topological polar surface area (TPSA) is 42.7 Å². The summed E-state index contributed by atoms with van der Waals surface area (Å²) >= 11 is 0. The molecule has 0 aliphatic rings. The Balaban J connectivity index is 2.66. The standard InChI is InChI=1S/C16H32N4/c1-6-8-16(5,12-17-11-14(3)4)10-15-18-13-19-20(15)9-7-2/h13-14,17H,6-12H2,1-5H3. The Bertz CT molecular complexity index is 372. The van der Waals surface area contributed by atoms with Crippen molar-refractivity contribution in [2.75, 3.05) is 13.1 Å². The number of nitrogens with one attached hydrogen (secondary N) is 1. The van der Waals surface area contributed by atoms with Crippen LogP contribution in [0.4, 0.5) is 0 Å². The molecule has 1 rings (SSSR count). The highest BCUT2D eigenvalue weighted by Crippen LogP contribution is 2.27. The minimum absolute atomic E-state index is 0.266. The summed E-state index contributed by atoms with van der Waals surface area (Å²) in [4.78, 5) is 4.47. The SMILES string of the molecule is CCCn1ncnc1CC(C)(CCC)CNCC(C)C. The van der Waals surface area contributed by atoms with Gasteiger partial charge in [-0.1, -0.05) is 41.0 Å². The van der Waals surface area contributed by atoms with Crippen LogP contribution in [-0.4, -0.2) is 27.9 Å². The molecule has 1 aromatic heterocycles. The van der Waals surface area contributed by atoms with Crippen LogP contribution in [0.25, 0.3) is 0 Å². The molecule has 1 atom stereocenters. The van der Waals surface area contributed by atoms with Gasteiger partial charge in [0.15, 0.2) is 0 Å². The lowest BCUT2D eigenvalue weighted by Crippen LogP contribution is -2.36. The molecule has 0 saturated carbocycles. The fourth-order valence-electron chi connectivity index (χ4n) is 2.71. The Morgan fingerprint density at radius 1 is 1.30 bits per heavy atom. The highest BCUT2D eigenvalue weighted by atomic mass is 15.3. The summed E-state index contributed by atoms with van der Waals surface area (Å²) in [6, 6.07) is 0. The van der Waals surface area contributed by atoms with E-state index in [4.69, 9.17) is 0 Å². The van der Waals surface area contributed by atoms with Crippen molar-refractivity contribution in [3.05, 3.63) is 12.2 Å². The van der Waals surface area contributed by atoms with Gasteiger partial charge in [0.1, 0.15) is 12.2 Å². The van der Waals surface area contributed by atoms with Crippen LogP contribution < -0.4 is 5.32 Å². The van der Waals surface area contributed by atoms with E-state index in [0.29, 0.717) is 5.92 Å². The van der Waals surface area contributed by atoms with E-state index in [9.17, 15) is 0 Å². The van der Waals surface area contributed by atoms with Crippen LogP contribution in [0.15, 0.2) is 6.33 Å². The molecular formula is C16H32N4. The minimum atomic E-state index is 0.266. The first-order chi connectivity index (χ1) is 9.50. The van der Waals surface area contributed by atoms with Crippen molar-refractivity contribution in [2.24, 2.45) is 11.3 Å². The van der Waals surface area contributed by atoms with Gasteiger partial charge in [-0.05, 0) is 30.7 Å². The lowest BCUT2D eigenvalue weighted by atomic mass is 9.81. The van der Waals surface area contributed by atoms with Crippen molar-refractivity contribution in [1.29, 1.82) is 0 Å². The summed E-state index contributed by atoms with van der Waals surface area (Å²) in [7, 11) is 0. The number of aryl methyl sites for hydroxylation is 1. The van der Waals surface area contributed by atoms with Crippen molar-refractivity contribution in [2.45, 2.75) is 66.8 Å². The fraction of sp³-hybridized carbons (Fsp3) is 0.875. The van der Waals surface area contributed by atoms with E-state index >= 15 is 0 Å². The molecule has 116 valence electrons. The summed E-state index contributed by atoms with van der Waals surface area (Å²) in [6.07, 6.45) is 6.23. The highest BCUT2D eigenvalue weighted by molar-refractivity contribution is 4.93. The van der Waals surface area contributed by atoms with Crippen molar-refractivity contribution in [1.82, 2.24) is 20.1 Å². The fourth-order valence-corrected chi connectivity index (χ4v) is 2.71. The Morgan fingerprint density at radius 2 is 2.05 bits per heavy atom. The Kier molecular flexibility index (Phi) is 7.20. The molecule has 1 unspecified atom stereocenters. The van der Waals surface area contributed by atoms with Crippen LogP contribution in [0.3, 0.4) is 0 Å². The smallest absolute Gasteiger partial charge is 0.138 e. The van der Waals surface area contributed by atoms with Crippen LogP contribution >= 0.6 is 0 Å². The quantitative estimate of drug-likeness (QED) is 0.715. The molecule has 1 aromatic rings. The number of rotatable bonds is 10. The molecule has 0 aromatic carbocycles. The van der Waals surface area contributed by atoms with Crippen molar-refractivity contribution < 1.29 is 0 Å². The van der Waals surface area contributed by atoms with Gasteiger partial charge in [0.25, 0.3) is 0 Å². The van der Waals surface area contributed by atoms with Gasteiger partial charge in [0.05, 0.1) is 0 Å². The monoisotopic (exact) mass is 280 g/mol. The first-order valence-electron chi connectivity index (χ1n) is 8.08. The summed E-state index contributed by atoms with van der Waals surface area (Å²) in [5.74, 6) is 1.83. The molecule has 0 spiro atoms. The molecule has 0 aliphatic carbocycles. The zero-order valence-electron chi connectivity index (χ0n) is 13.9. The van der Waals surface area contributed by atoms with E-state index in [1.807, 2.05) is 0 Å². The highest BCUT2D eigenvalue weighted by Gasteiger charge is 2.26. The third-order valence-corrected chi connectivity index (χ3v) is 3.67. The molecule has 0 saturated heterocycles. The molecule has 1 heterocycles. The van der Waals surface area contributed by atoms with Gasteiger partial charge in [0, 0.05) is 19.5 Å². The second-order valence-corrected chi connectivity index (χ2v) is 6.66. The average molecular weight is 280 g/mol. The van der Waals surface area contributed by atoms with Gasteiger partial charge in [0.2, 0.25) is 0 Å². The predicted octanol–water partition coefficient (Wildman–Crippen LogP) is 3.28. The van der Waals surface area contributed by atoms with Crippen molar-refractivity contribution in [3.63, 3.8) is 0 Å². The zero-order chi connectivity index (χ0) is 15.0. The summed E-state index contributed by atoms with van der Waals surface area (Å²) in [5.41, 5.74) is 0.266. The molecular weight excluding hydrogens is 248 g/mol. The van der Waals surface area contributed by atoms with Crippen molar-refractivity contribution >= 4 is 0 Å². The van der Waals surface area contributed by atoms with Gasteiger partial charge in [-0.3, -0.25) is 4.68 Å². The van der Waals surface area contributed by atoms with E-state index in [-0.39, 0.29) is 5.41 Å². The number of hydrogen-bond donors (Lipinski definition) is 1. The van der Waals surface area contributed by atoms with Gasteiger partial charge in [-0.2, -0.15) is 5.10 Å². The molecule has 4 nitrogen and oxygen atoms in total. The average Bonchev–Trinajstić information content (AvgIpc) is 2.76. The van der Waals surface area contributed by atoms with Gasteiger partial charge < -0.3 is 5.32 Å². The second-order valence-electron chi connectivity index (χ2n) is 6.66. The van der Waals surface area contributed by atoms with Crippen LogP contribution in [0.1, 0.15) is 59.7 Å². The molecule has 0 aliphatic heterocycles. The van der Waals surface area contributed by atoms with E-state index in [2.05, 4.69) is 54.7 Å². The van der Waals surface area contributed by atoms with Crippen LogP contribution in [0, 0.1) is 11.3 Å². The first kappa shape index (κ1) is 17.2. The maximum Gasteiger partial charge on any atom is 0.138 e. The maximum atomic E-state index is 4.47. The molecule has 0 fully saturated rings. The van der Waals surface area contributed by atoms with Gasteiger partial charge in [-0.15, -0.1) is 0 Å². The number of hydrogen-bond acceptors (Lipinski definition) is 3. The maximum absolute atomic E-state index is 4.47. The molecule has 1 N–H and O–H groups in total. The molecule has 4 heteroatoms. The van der Waals surface area contributed by atoms with Crippen LogP contribution in [0.5, 0.6) is 0 Å². The molecule has 0 bridgehead atoms. The lowest BCUT2D eigenvalue weighted by Gasteiger charge is -2.30. The summed E-state index contributed by atoms with van der Waals surface area (Å²) in [6.45, 7) is 14.4. The first-order valence-corrected chi connectivity index (χ1v) is 8.08. The Morgan fingerprint density at radius 3 is 2.65 bits per heavy atom. The van der Waals surface area contributed by atoms with E-state index in [1.165, 1.54) is 12.8 Å². The molecule has 0 amide bonds. The molecule has 0 radical (unpaired) electrons. The zero-order valence-corrected chi connectivity index (χ0v) is 13.9. The van der Waals surface area contributed by atoms with Gasteiger partial charge >= 0.3 is 0 Å². The largest absolute Gasteiger partial charge is 0.316 e. The second kappa shape index (κ2) is 8.40.